The number of amides is 1. The van der Waals surface area contributed by atoms with Crippen LogP contribution in [-0.2, 0) is 13.2 Å². The van der Waals surface area contributed by atoms with E-state index in [4.69, 9.17) is 15.9 Å². The fourth-order valence-corrected chi connectivity index (χ4v) is 3.08. The summed E-state index contributed by atoms with van der Waals surface area (Å²) in [6.07, 6.45) is 1.65. The third-order valence-corrected chi connectivity index (χ3v) is 4.85. The topological polar surface area (TPSA) is 81.1 Å². The summed E-state index contributed by atoms with van der Waals surface area (Å²) < 4.78 is 34.3. The molecule has 0 aliphatic heterocycles. The fraction of sp³-hybridized carbons (Fsp3) is 0.100. The second kappa shape index (κ2) is 8.35. The Bertz CT molecular complexity index is 1100. The van der Waals surface area contributed by atoms with Gasteiger partial charge in [0.1, 0.15) is 34.0 Å². The standard InChI is InChI=1S/C20H16BrF2N3O2/c21-18-17(28-11-14-4-5-15(22)9-16(14)23)6-7-26(19(18)24)10-12-2-1-3-13(8-12)20(25)27/h1-9,24H,10-11H2,(H2,25,27). The SMILES string of the molecule is N=c1c(Br)c(OCc2ccc(F)cc2F)ccn1Cc1cccc(C(N)=O)c1. The van der Waals surface area contributed by atoms with E-state index in [0.29, 0.717) is 22.3 Å². The lowest BCUT2D eigenvalue weighted by molar-refractivity contribution is 0.1000. The summed E-state index contributed by atoms with van der Waals surface area (Å²) in [4.78, 5) is 11.3. The van der Waals surface area contributed by atoms with E-state index in [0.717, 1.165) is 17.7 Å². The second-order valence-corrected chi connectivity index (χ2v) is 6.85. The van der Waals surface area contributed by atoms with Gasteiger partial charge in [0.2, 0.25) is 5.91 Å². The smallest absolute Gasteiger partial charge is 0.248 e. The quantitative estimate of drug-likeness (QED) is 0.603. The molecular weight excluding hydrogens is 432 g/mol. The Hall–Kier alpha value is -3.00. The number of ether oxygens (including phenoxy) is 1. The number of carbonyl (C=O) groups excluding carboxylic acids is 1. The van der Waals surface area contributed by atoms with Crippen molar-refractivity contribution in [1.29, 1.82) is 5.41 Å². The minimum atomic E-state index is -0.692. The van der Waals surface area contributed by atoms with Gasteiger partial charge in [-0.1, -0.05) is 12.1 Å². The number of benzene rings is 2. The van der Waals surface area contributed by atoms with Crippen LogP contribution in [0, 0.1) is 17.0 Å². The van der Waals surface area contributed by atoms with E-state index in [9.17, 15) is 13.6 Å². The van der Waals surface area contributed by atoms with Gasteiger partial charge in [-0.15, -0.1) is 0 Å². The van der Waals surface area contributed by atoms with Gasteiger partial charge >= 0.3 is 0 Å². The van der Waals surface area contributed by atoms with Gasteiger partial charge in [0.15, 0.2) is 0 Å². The van der Waals surface area contributed by atoms with Crippen LogP contribution in [0.15, 0.2) is 59.2 Å². The molecule has 28 heavy (non-hydrogen) atoms. The Morgan fingerprint density at radius 2 is 1.96 bits per heavy atom. The number of nitrogens with two attached hydrogens (primary N) is 1. The molecule has 0 bridgehead atoms. The van der Waals surface area contributed by atoms with Crippen LogP contribution in [0.2, 0.25) is 0 Å². The highest BCUT2D eigenvalue weighted by atomic mass is 79.9. The first kappa shape index (κ1) is 19.8. The third-order valence-electron chi connectivity index (χ3n) is 4.08. The maximum absolute atomic E-state index is 13.7. The Labute approximate surface area is 168 Å². The van der Waals surface area contributed by atoms with Gasteiger partial charge in [-0.05, 0) is 51.8 Å². The van der Waals surface area contributed by atoms with E-state index in [1.807, 2.05) is 6.07 Å². The summed E-state index contributed by atoms with van der Waals surface area (Å²) in [5.41, 5.74) is 6.85. The lowest BCUT2D eigenvalue weighted by Crippen LogP contribution is -2.22. The van der Waals surface area contributed by atoms with Crippen LogP contribution < -0.4 is 16.0 Å². The van der Waals surface area contributed by atoms with Gasteiger partial charge in [-0.2, -0.15) is 0 Å². The highest BCUT2D eigenvalue weighted by molar-refractivity contribution is 9.10. The van der Waals surface area contributed by atoms with Gasteiger partial charge in [0.25, 0.3) is 0 Å². The zero-order valence-corrected chi connectivity index (χ0v) is 16.2. The molecule has 0 aliphatic rings. The molecule has 8 heteroatoms. The molecule has 0 fully saturated rings. The number of nitrogens with one attached hydrogen (secondary N) is 1. The minimum Gasteiger partial charge on any atom is -0.487 e. The molecule has 1 amide bonds. The zero-order valence-electron chi connectivity index (χ0n) is 14.6. The molecule has 0 saturated carbocycles. The minimum absolute atomic E-state index is 0.102. The molecule has 1 heterocycles. The molecule has 5 nitrogen and oxygen atoms in total. The molecule has 0 atom stereocenters. The monoisotopic (exact) mass is 447 g/mol. The van der Waals surface area contributed by atoms with E-state index in [-0.39, 0.29) is 17.7 Å². The van der Waals surface area contributed by atoms with E-state index in [2.05, 4.69) is 15.9 Å². The molecular formula is C20H16BrF2N3O2. The van der Waals surface area contributed by atoms with Gasteiger partial charge < -0.3 is 15.0 Å². The number of pyridine rings is 1. The van der Waals surface area contributed by atoms with Gasteiger partial charge in [0, 0.05) is 29.9 Å². The first-order chi connectivity index (χ1) is 13.3. The van der Waals surface area contributed by atoms with Gasteiger partial charge in [-0.25, -0.2) is 8.78 Å². The molecule has 0 radical (unpaired) electrons. The van der Waals surface area contributed by atoms with Crippen molar-refractivity contribution in [2.24, 2.45) is 5.73 Å². The van der Waals surface area contributed by atoms with Crippen molar-refractivity contribution in [3.8, 4) is 5.75 Å². The van der Waals surface area contributed by atoms with E-state index < -0.39 is 17.5 Å². The number of nitrogens with zero attached hydrogens (tertiary/aromatic N) is 1. The summed E-state index contributed by atoms with van der Waals surface area (Å²) in [6.45, 7) is 0.250. The zero-order chi connectivity index (χ0) is 20.3. The van der Waals surface area contributed by atoms with Crippen LogP contribution in [0.3, 0.4) is 0 Å². The number of hydrogen-bond donors (Lipinski definition) is 2. The lowest BCUT2D eigenvalue weighted by atomic mass is 10.1. The molecule has 3 aromatic rings. The van der Waals surface area contributed by atoms with E-state index in [1.165, 1.54) is 6.07 Å². The largest absolute Gasteiger partial charge is 0.487 e. The first-order valence-electron chi connectivity index (χ1n) is 8.24. The maximum atomic E-state index is 13.7. The van der Waals surface area contributed by atoms with Crippen LogP contribution in [0.1, 0.15) is 21.5 Å². The Kier molecular flexibility index (Phi) is 5.89. The Morgan fingerprint density at radius 1 is 1.18 bits per heavy atom. The highest BCUT2D eigenvalue weighted by Gasteiger charge is 2.10. The number of primary amides is 1. The van der Waals surface area contributed by atoms with Crippen LogP contribution in [0.25, 0.3) is 0 Å². The molecule has 0 spiro atoms. The fourth-order valence-electron chi connectivity index (χ4n) is 2.61. The van der Waals surface area contributed by atoms with Crippen molar-refractivity contribution >= 4 is 21.8 Å². The number of aromatic nitrogens is 1. The van der Waals surface area contributed by atoms with E-state index in [1.54, 1.807) is 35.0 Å². The summed E-state index contributed by atoms with van der Waals surface area (Å²) in [5, 5.41) is 8.30. The molecule has 1 aromatic heterocycles. The maximum Gasteiger partial charge on any atom is 0.248 e. The predicted octanol–water partition coefficient (Wildman–Crippen LogP) is 3.73. The first-order valence-corrected chi connectivity index (χ1v) is 9.03. The molecule has 2 aromatic carbocycles. The van der Waals surface area contributed by atoms with E-state index >= 15 is 0 Å². The highest BCUT2D eigenvalue weighted by Crippen LogP contribution is 2.22. The summed E-state index contributed by atoms with van der Waals surface area (Å²) in [7, 11) is 0. The molecule has 0 unspecified atom stereocenters. The number of rotatable bonds is 6. The van der Waals surface area contributed by atoms with Crippen molar-refractivity contribution in [3.05, 3.63) is 93.0 Å². The van der Waals surface area contributed by atoms with Crippen LogP contribution in [0.5, 0.6) is 5.75 Å². The molecule has 0 aliphatic carbocycles. The van der Waals surface area contributed by atoms with Crippen LogP contribution in [0.4, 0.5) is 8.78 Å². The normalized spacial score (nSPS) is 10.7. The number of halogens is 3. The average Bonchev–Trinajstić information content (AvgIpc) is 2.66. The van der Waals surface area contributed by atoms with Crippen LogP contribution >= 0.6 is 15.9 Å². The van der Waals surface area contributed by atoms with Gasteiger partial charge in [0.05, 0.1) is 0 Å². The molecule has 3 rings (SSSR count). The second-order valence-electron chi connectivity index (χ2n) is 6.06. The molecule has 144 valence electrons. The molecule has 3 N–H and O–H groups in total. The number of hydrogen-bond acceptors (Lipinski definition) is 3. The predicted molar refractivity (Wildman–Crippen MR) is 103 cm³/mol. The molecule has 0 saturated heterocycles. The Balaban J connectivity index is 1.78. The lowest BCUT2D eigenvalue weighted by Gasteiger charge is -2.13. The van der Waals surface area contributed by atoms with Crippen molar-refractivity contribution in [2.45, 2.75) is 13.2 Å². The number of carbonyl (C=O) groups is 1. The van der Waals surface area contributed by atoms with Crippen molar-refractivity contribution < 1.29 is 18.3 Å². The van der Waals surface area contributed by atoms with Crippen molar-refractivity contribution in [1.82, 2.24) is 4.57 Å². The Morgan fingerprint density at radius 3 is 2.68 bits per heavy atom. The van der Waals surface area contributed by atoms with Gasteiger partial charge in [-0.3, -0.25) is 10.2 Å². The third kappa shape index (κ3) is 4.45. The van der Waals surface area contributed by atoms with Crippen molar-refractivity contribution in [2.75, 3.05) is 0 Å². The summed E-state index contributed by atoms with van der Waals surface area (Å²) >= 11 is 3.32. The van der Waals surface area contributed by atoms with Crippen molar-refractivity contribution in [3.63, 3.8) is 0 Å². The summed E-state index contributed by atoms with van der Waals surface area (Å²) in [5.74, 6) is -1.51. The average molecular weight is 448 g/mol. The summed E-state index contributed by atoms with van der Waals surface area (Å²) in [6, 6.07) is 11.8. The van der Waals surface area contributed by atoms with Crippen LogP contribution in [-0.4, -0.2) is 10.5 Å².